The third-order valence-electron chi connectivity index (χ3n) is 6.79. The van der Waals surface area contributed by atoms with Crippen molar-refractivity contribution < 1.29 is 27.9 Å². The van der Waals surface area contributed by atoms with E-state index >= 15 is 0 Å². The van der Waals surface area contributed by atoms with Crippen LogP contribution in [0.15, 0.2) is 83.7 Å². The maximum Gasteiger partial charge on any atom is 0.251 e. The van der Waals surface area contributed by atoms with Gasteiger partial charge in [0.15, 0.2) is 0 Å². The van der Waals surface area contributed by atoms with Gasteiger partial charge in [0.2, 0.25) is 5.91 Å². The molecule has 3 aromatic carbocycles. The van der Waals surface area contributed by atoms with Crippen LogP contribution in [-0.2, 0) is 11.4 Å². The summed E-state index contributed by atoms with van der Waals surface area (Å²) in [4.78, 5) is 26.1. The van der Waals surface area contributed by atoms with Crippen LogP contribution in [0, 0.1) is 11.7 Å². The Hall–Kier alpha value is -4.59. The number of ether oxygens (including phenoxy) is 2. The molecule has 2 heterocycles. The summed E-state index contributed by atoms with van der Waals surface area (Å²) in [7, 11) is 1.58. The number of halogens is 1. The molecule has 5 rings (SSSR count). The van der Waals surface area contributed by atoms with E-state index in [0.29, 0.717) is 40.7 Å². The SMILES string of the molecule is CNC(=O)C1c2cc(-c3cc(OCc4ccoc4)cc(C(=O)NCC(C)C)c3)ccc2OC1c1ccc(F)cc1. The van der Waals surface area contributed by atoms with E-state index in [2.05, 4.69) is 10.6 Å². The second kappa shape index (κ2) is 11.7. The zero-order valence-electron chi connectivity index (χ0n) is 22.6. The number of hydrogen-bond donors (Lipinski definition) is 2. The minimum Gasteiger partial charge on any atom is -0.489 e. The van der Waals surface area contributed by atoms with Crippen LogP contribution in [0.3, 0.4) is 0 Å². The predicted octanol–water partition coefficient (Wildman–Crippen LogP) is 6.01. The van der Waals surface area contributed by atoms with Gasteiger partial charge in [0.1, 0.15) is 35.9 Å². The maximum atomic E-state index is 13.6. The van der Waals surface area contributed by atoms with E-state index in [0.717, 1.165) is 16.7 Å². The molecule has 4 aromatic rings. The van der Waals surface area contributed by atoms with Gasteiger partial charge in [0, 0.05) is 30.3 Å². The van der Waals surface area contributed by atoms with Gasteiger partial charge in [-0.1, -0.05) is 32.0 Å². The van der Waals surface area contributed by atoms with Crippen LogP contribution in [-0.4, -0.2) is 25.4 Å². The maximum absolute atomic E-state index is 13.6. The standard InChI is InChI=1S/C32H31FN2O5/c1-19(2)16-35-31(36)24-12-23(13-26(14-24)39-18-20-10-11-38-17-20)22-6-9-28-27(15-22)29(32(37)34-3)30(40-28)21-4-7-25(33)8-5-21/h4-15,17,19,29-30H,16,18H2,1-3H3,(H,34,37)(H,35,36). The van der Waals surface area contributed by atoms with Crippen molar-refractivity contribution in [3.8, 4) is 22.6 Å². The Morgan fingerprint density at radius 2 is 1.80 bits per heavy atom. The molecule has 1 aromatic heterocycles. The van der Waals surface area contributed by atoms with E-state index in [4.69, 9.17) is 13.9 Å². The van der Waals surface area contributed by atoms with E-state index in [1.165, 1.54) is 12.1 Å². The minimum absolute atomic E-state index is 0.201. The van der Waals surface area contributed by atoms with E-state index in [1.54, 1.807) is 37.8 Å². The summed E-state index contributed by atoms with van der Waals surface area (Å²) in [5.41, 5.74) is 4.29. The number of nitrogens with one attached hydrogen (secondary N) is 2. The molecule has 1 aliphatic heterocycles. The van der Waals surface area contributed by atoms with Gasteiger partial charge >= 0.3 is 0 Å². The summed E-state index contributed by atoms with van der Waals surface area (Å²) in [6, 6.07) is 18.8. The van der Waals surface area contributed by atoms with Crippen molar-refractivity contribution in [1.82, 2.24) is 10.6 Å². The fourth-order valence-corrected chi connectivity index (χ4v) is 4.71. The van der Waals surface area contributed by atoms with Gasteiger partial charge in [-0.15, -0.1) is 0 Å². The Kier molecular flexibility index (Phi) is 7.86. The average molecular weight is 543 g/mol. The minimum atomic E-state index is -0.639. The van der Waals surface area contributed by atoms with Crippen LogP contribution >= 0.6 is 0 Å². The third-order valence-corrected chi connectivity index (χ3v) is 6.79. The van der Waals surface area contributed by atoms with Crippen molar-refractivity contribution in [3.63, 3.8) is 0 Å². The molecule has 1 aliphatic rings. The first-order valence-electron chi connectivity index (χ1n) is 13.2. The number of carbonyl (C=O) groups excluding carboxylic acids is 2. The Morgan fingerprint density at radius 3 is 2.50 bits per heavy atom. The van der Waals surface area contributed by atoms with E-state index in [9.17, 15) is 14.0 Å². The van der Waals surface area contributed by atoms with Gasteiger partial charge in [0.05, 0.1) is 12.5 Å². The fraction of sp³-hybridized carbons (Fsp3) is 0.250. The quantitative estimate of drug-likeness (QED) is 0.270. The molecular weight excluding hydrogens is 511 g/mol. The molecule has 2 unspecified atom stereocenters. The van der Waals surface area contributed by atoms with Crippen LogP contribution in [0.25, 0.3) is 11.1 Å². The highest BCUT2D eigenvalue weighted by atomic mass is 19.1. The highest BCUT2D eigenvalue weighted by molar-refractivity contribution is 5.96. The number of hydrogen-bond acceptors (Lipinski definition) is 5. The zero-order chi connectivity index (χ0) is 28.2. The first kappa shape index (κ1) is 27.0. The summed E-state index contributed by atoms with van der Waals surface area (Å²) in [6.45, 7) is 4.89. The number of furan rings is 1. The summed E-state index contributed by atoms with van der Waals surface area (Å²) in [5.74, 6) is -0.00708. The molecule has 0 spiro atoms. The fourth-order valence-electron chi connectivity index (χ4n) is 4.71. The largest absolute Gasteiger partial charge is 0.489 e. The molecule has 2 N–H and O–H groups in total. The first-order valence-corrected chi connectivity index (χ1v) is 13.2. The van der Waals surface area contributed by atoms with Crippen LogP contribution in [0.1, 0.15) is 52.9 Å². The molecule has 40 heavy (non-hydrogen) atoms. The summed E-state index contributed by atoms with van der Waals surface area (Å²) in [5, 5.41) is 5.69. The van der Waals surface area contributed by atoms with Crippen molar-refractivity contribution in [3.05, 3.63) is 107 Å². The lowest BCUT2D eigenvalue weighted by molar-refractivity contribution is -0.123. The second-order valence-corrected chi connectivity index (χ2v) is 10.2. The first-order chi connectivity index (χ1) is 19.3. The van der Waals surface area contributed by atoms with Crippen LogP contribution in [0.5, 0.6) is 11.5 Å². The van der Waals surface area contributed by atoms with Crippen LogP contribution < -0.4 is 20.1 Å². The Labute approximate surface area is 232 Å². The number of benzene rings is 3. The van der Waals surface area contributed by atoms with Crippen molar-refractivity contribution in [1.29, 1.82) is 0 Å². The number of amides is 2. The van der Waals surface area contributed by atoms with Crippen molar-refractivity contribution in [2.24, 2.45) is 5.92 Å². The zero-order valence-corrected chi connectivity index (χ0v) is 22.6. The van der Waals surface area contributed by atoms with Gasteiger partial charge in [-0.05, 0) is 71.1 Å². The number of fused-ring (bicyclic) bond motifs is 1. The molecular formula is C32H31FN2O5. The summed E-state index contributed by atoms with van der Waals surface area (Å²) >= 11 is 0. The molecule has 2 atom stereocenters. The van der Waals surface area contributed by atoms with Gasteiger partial charge in [-0.2, -0.15) is 0 Å². The second-order valence-electron chi connectivity index (χ2n) is 10.2. The van der Waals surface area contributed by atoms with E-state index in [1.807, 2.05) is 50.2 Å². The lowest BCUT2D eigenvalue weighted by Crippen LogP contribution is -2.28. The van der Waals surface area contributed by atoms with Crippen molar-refractivity contribution >= 4 is 11.8 Å². The van der Waals surface area contributed by atoms with Gasteiger partial charge in [-0.25, -0.2) is 4.39 Å². The Bertz CT molecular complexity index is 1500. The van der Waals surface area contributed by atoms with Gasteiger partial charge < -0.3 is 24.5 Å². The Balaban J connectivity index is 1.51. The topological polar surface area (TPSA) is 89.8 Å². The van der Waals surface area contributed by atoms with Crippen LogP contribution in [0.2, 0.25) is 0 Å². The Morgan fingerprint density at radius 1 is 1.00 bits per heavy atom. The van der Waals surface area contributed by atoms with E-state index < -0.39 is 12.0 Å². The monoisotopic (exact) mass is 542 g/mol. The number of likely N-dealkylation sites (N-methyl/N-ethyl adjacent to an activating group) is 1. The lowest BCUT2D eigenvalue weighted by Gasteiger charge is -2.18. The summed E-state index contributed by atoms with van der Waals surface area (Å²) in [6.07, 6.45) is 2.58. The lowest BCUT2D eigenvalue weighted by atomic mass is 9.88. The molecule has 0 fully saturated rings. The molecule has 0 saturated heterocycles. The van der Waals surface area contributed by atoms with E-state index in [-0.39, 0.29) is 24.2 Å². The molecule has 8 heteroatoms. The third kappa shape index (κ3) is 5.86. The van der Waals surface area contributed by atoms with Crippen molar-refractivity contribution in [2.45, 2.75) is 32.5 Å². The highest BCUT2D eigenvalue weighted by Crippen LogP contribution is 2.47. The molecule has 0 aliphatic carbocycles. The predicted molar refractivity (Wildman–Crippen MR) is 149 cm³/mol. The average Bonchev–Trinajstić information content (AvgIpc) is 3.62. The molecule has 0 saturated carbocycles. The van der Waals surface area contributed by atoms with Crippen molar-refractivity contribution in [2.75, 3.05) is 13.6 Å². The smallest absolute Gasteiger partial charge is 0.251 e. The van der Waals surface area contributed by atoms with Gasteiger partial charge in [-0.3, -0.25) is 9.59 Å². The molecule has 0 radical (unpaired) electrons. The molecule has 2 amide bonds. The molecule has 206 valence electrons. The summed E-state index contributed by atoms with van der Waals surface area (Å²) < 4.78 is 30.9. The number of carbonyl (C=O) groups is 2. The van der Waals surface area contributed by atoms with Crippen LogP contribution in [0.4, 0.5) is 4.39 Å². The number of rotatable bonds is 9. The highest BCUT2D eigenvalue weighted by Gasteiger charge is 2.40. The molecule has 0 bridgehead atoms. The normalized spacial score (nSPS) is 15.8. The molecule has 7 nitrogen and oxygen atoms in total. The van der Waals surface area contributed by atoms with Gasteiger partial charge in [0.25, 0.3) is 5.91 Å².